The quantitative estimate of drug-likeness (QED) is 0.169. The van der Waals surface area contributed by atoms with Crippen molar-refractivity contribution in [3.05, 3.63) is 30.1 Å². The van der Waals surface area contributed by atoms with Crippen LogP contribution < -0.4 is 4.57 Å². The van der Waals surface area contributed by atoms with E-state index in [1.165, 1.54) is 57.8 Å². The van der Waals surface area contributed by atoms with Gasteiger partial charge in [0, 0.05) is 12.5 Å². The van der Waals surface area contributed by atoms with Crippen molar-refractivity contribution in [3.8, 4) is 0 Å². The van der Waals surface area contributed by atoms with Crippen LogP contribution in [0.4, 0.5) is 0 Å². The Balaban J connectivity index is 2.31. The molecular formula is C20H35N2O+. The van der Waals surface area contributed by atoms with Gasteiger partial charge in [0.2, 0.25) is 0 Å². The van der Waals surface area contributed by atoms with E-state index in [0.29, 0.717) is 0 Å². The normalized spacial score (nSPS) is 11.8. The Hall–Kier alpha value is -1.38. The van der Waals surface area contributed by atoms with Crippen LogP contribution >= 0.6 is 0 Å². The number of hydrogen-bond donors (Lipinski definition) is 1. The summed E-state index contributed by atoms with van der Waals surface area (Å²) >= 11 is 0. The van der Waals surface area contributed by atoms with Crippen molar-refractivity contribution >= 4 is 5.71 Å². The predicted molar refractivity (Wildman–Crippen MR) is 97.1 cm³/mol. The number of pyridine rings is 1. The van der Waals surface area contributed by atoms with E-state index in [1.807, 2.05) is 12.1 Å². The minimum atomic E-state index is 0.821. The molecule has 3 heteroatoms. The Labute approximate surface area is 142 Å². The molecular weight excluding hydrogens is 284 g/mol. The third kappa shape index (κ3) is 8.73. The first-order valence-electron chi connectivity index (χ1n) is 9.52. The van der Waals surface area contributed by atoms with Crippen molar-refractivity contribution in [1.29, 1.82) is 0 Å². The molecule has 0 bridgehead atoms. The number of nitrogens with zero attached hydrogens (tertiary/aromatic N) is 2. The van der Waals surface area contributed by atoms with E-state index in [4.69, 9.17) is 0 Å². The van der Waals surface area contributed by atoms with Crippen LogP contribution in [0.1, 0.15) is 90.0 Å². The minimum absolute atomic E-state index is 0.821. The minimum Gasteiger partial charge on any atom is -0.411 e. The average molecular weight is 320 g/mol. The Bertz CT molecular complexity index is 443. The molecule has 0 spiro atoms. The summed E-state index contributed by atoms with van der Waals surface area (Å²) in [5.41, 5.74) is 1.87. The zero-order valence-electron chi connectivity index (χ0n) is 15.1. The van der Waals surface area contributed by atoms with Gasteiger partial charge in [-0.15, -0.1) is 0 Å². The highest BCUT2D eigenvalue weighted by Crippen LogP contribution is 2.12. The molecule has 0 amide bonds. The molecule has 1 N–H and O–H groups in total. The maximum Gasteiger partial charge on any atom is 0.178 e. The van der Waals surface area contributed by atoms with E-state index >= 15 is 0 Å². The zero-order chi connectivity index (χ0) is 16.8. The van der Waals surface area contributed by atoms with Gasteiger partial charge in [-0.1, -0.05) is 70.4 Å². The fourth-order valence-corrected chi connectivity index (χ4v) is 2.85. The Morgan fingerprint density at radius 1 is 0.957 bits per heavy atom. The van der Waals surface area contributed by atoms with Crippen molar-refractivity contribution in [2.24, 2.45) is 5.16 Å². The van der Waals surface area contributed by atoms with Crippen LogP contribution in [0.15, 0.2) is 29.7 Å². The molecule has 1 aromatic heterocycles. The Kier molecular flexibility index (Phi) is 11.2. The van der Waals surface area contributed by atoms with Crippen LogP contribution in [-0.2, 0) is 6.54 Å². The average Bonchev–Trinajstić information content (AvgIpc) is 2.59. The van der Waals surface area contributed by atoms with Crippen LogP contribution in [-0.4, -0.2) is 10.9 Å². The van der Waals surface area contributed by atoms with E-state index in [2.05, 4.69) is 36.0 Å². The zero-order valence-corrected chi connectivity index (χ0v) is 15.1. The lowest BCUT2D eigenvalue weighted by Gasteiger charge is -2.05. The lowest BCUT2D eigenvalue weighted by atomic mass is 10.0. The molecule has 130 valence electrons. The van der Waals surface area contributed by atoms with Gasteiger partial charge in [0.25, 0.3) is 0 Å². The largest absolute Gasteiger partial charge is 0.411 e. The second kappa shape index (κ2) is 13.1. The van der Waals surface area contributed by atoms with Crippen LogP contribution in [0.25, 0.3) is 0 Å². The fourth-order valence-electron chi connectivity index (χ4n) is 2.85. The fraction of sp³-hybridized carbons (Fsp3) is 0.700. The summed E-state index contributed by atoms with van der Waals surface area (Å²) in [6, 6.07) is 4.09. The SMILES string of the molecule is CCCCCCCCCC/C(=N/O)c1ccc[n+](CCCC)c1. The van der Waals surface area contributed by atoms with Crippen molar-refractivity contribution in [1.82, 2.24) is 0 Å². The predicted octanol–water partition coefficient (Wildman–Crippen LogP) is 5.48. The molecule has 0 aliphatic rings. The van der Waals surface area contributed by atoms with Gasteiger partial charge in [0.15, 0.2) is 12.4 Å². The molecule has 0 fully saturated rings. The molecule has 0 radical (unpaired) electrons. The van der Waals surface area contributed by atoms with E-state index < -0.39 is 0 Å². The van der Waals surface area contributed by atoms with Crippen LogP contribution in [0.2, 0.25) is 0 Å². The Morgan fingerprint density at radius 3 is 2.26 bits per heavy atom. The van der Waals surface area contributed by atoms with Crippen LogP contribution in [0.5, 0.6) is 0 Å². The Morgan fingerprint density at radius 2 is 1.61 bits per heavy atom. The van der Waals surface area contributed by atoms with E-state index in [-0.39, 0.29) is 0 Å². The number of hydrogen-bond acceptors (Lipinski definition) is 2. The number of aryl methyl sites for hydroxylation is 1. The molecule has 3 nitrogen and oxygen atoms in total. The molecule has 23 heavy (non-hydrogen) atoms. The van der Waals surface area contributed by atoms with Gasteiger partial charge >= 0.3 is 0 Å². The molecule has 1 aromatic rings. The second-order valence-electron chi connectivity index (χ2n) is 6.46. The van der Waals surface area contributed by atoms with E-state index in [0.717, 1.165) is 30.7 Å². The summed E-state index contributed by atoms with van der Waals surface area (Å²) in [7, 11) is 0. The van der Waals surface area contributed by atoms with Gasteiger partial charge in [-0.3, -0.25) is 0 Å². The molecule has 1 rings (SSSR count). The first-order chi connectivity index (χ1) is 11.3. The van der Waals surface area contributed by atoms with Crippen molar-refractivity contribution in [3.63, 3.8) is 0 Å². The van der Waals surface area contributed by atoms with Gasteiger partial charge < -0.3 is 5.21 Å². The maximum atomic E-state index is 9.32. The van der Waals surface area contributed by atoms with Crippen LogP contribution in [0.3, 0.4) is 0 Å². The van der Waals surface area contributed by atoms with E-state index in [9.17, 15) is 5.21 Å². The highest BCUT2D eigenvalue weighted by atomic mass is 16.4. The standard InChI is InChI=1S/C20H34N2O/c1-3-5-7-8-9-10-11-12-15-20(21-23)19-14-13-17-22(18-19)16-6-4-2/h13-14,17-18H,3-12,15-16H2,1-2H3/p+1/b21-20-. The summed E-state index contributed by atoms with van der Waals surface area (Å²) in [5.74, 6) is 0. The van der Waals surface area contributed by atoms with Crippen molar-refractivity contribution in [2.75, 3.05) is 0 Å². The van der Waals surface area contributed by atoms with Crippen molar-refractivity contribution < 1.29 is 9.77 Å². The summed E-state index contributed by atoms with van der Waals surface area (Å²) in [5, 5.41) is 12.9. The van der Waals surface area contributed by atoms with Gasteiger partial charge in [0.05, 0.1) is 11.3 Å². The third-order valence-electron chi connectivity index (χ3n) is 4.35. The van der Waals surface area contributed by atoms with Gasteiger partial charge in [-0.2, -0.15) is 0 Å². The highest BCUT2D eigenvalue weighted by molar-refractivity contribution is 5.99. The summed E-state index contributed by atoms with van der Waals surface area (Å²) < 4.78 is 2.19. The number of rotatable bonds is 13. The summed E-state index contributed by atoms with van der Waals surface area (Å²) in [4.78, 5) is 0. The maximum absolute atomic E-state index is 9.32. The molecule has 0 saturated heterocycles. The monoisotopic (exact) mass is 319 g/mol. The molecule has 1 heterocycles. The van der Waals surface area contributed by atoms with E-state index in [1.54, 1.807) is 0 Å². The molecule has 0 aromatic carbocycles. The second-order valence-corrected chi connectivity index (χ2v) is 6.46. The van der Waals surface area contributed by atoms with Gasteiger partial charge in [-0.25, -0.2) is 4.57 Å². The molecule has 0 unspecified atom stereocenters. The molecule has 0 aliphatic heterocycles. The number of aromatic nitrogens is 1. The molecule has 0 saturated carbocycles. The third-order valence-corrected chi connectivity index (χ3v) is 4.35. The first kappa shape index (κ1) is 19.7. The van der Waals surface area contributed by atoms with Crippen molar-refractivity contribution in [2.45, 2.75) is 91.0 Å². The smallest absolute Gasteiger partial charge is 0.178 e. The number of unbranched alkanes of at least 4 members (excludes halogenated alkanes) is 8. The first-order valence-corrected chi connectivity index (χ1v) is 9.52. The van der Waals surface area contributed by atoms with Crippen LogP contribution in [0, 0.1) is 0 Å². The van der Waals surface area contributed by atoms with Gasteiger partial charge in [-0.05, 0) is 18.9 Å². The highest BCUT2D eigenvalue weighted by Gasteiger charge is 2.09. The van der Waals surface area contributed by atoms with Gasteiger partial charge in [0.1, 0.15) is 6.54 Å². The molecule has 0 aliphatic carbocycles. The lowest BCUT2D eigenvalue weighted by molar-refractivity contribution is -0.697. The summed E-state index contributed by atoms with van der Waals surface area (Å²) in [6.07, 6.45) is 17.8. The summed E-state index contributed by atoms with van der Waals surface area (Å²) in [6.45, 7) is 5.49. The molecule has 0 atom stereocenters. The topological polar surface area (TPSA) is 36.5 Å². The lowest BCUT2D eigenvalue weighted by Crippen LogP contribution is -2.33. The number of oxime groups is 1.